The summed E-state index contributed by atoms with van der Waals surface area (Å²) >= 11 is 3.43. The van der Waals surface area contributed by atoms with Crippen LogP contribution in [0.15, 0.2) is 22.7 Å². The normalized spacial score (nSPS) is 10.8. The molecule has 106 valence electrons. The molecule has 1 heterocycles. The van der Waals surface area contributed by atoms with Crippen molar-refractivity contribution in [3.8, 4) is 0 Å². The SMILES string of the molecule is Cc1c(Br)cccc1NC(=O)c1n[nH]c(C(C)C)c1N. The number of nitrogen functional groups attached to an aromatic ring is 1. The number of halogens is 1. The third-order valence-corrected chi connectivity index (χ3v) is 4.00. The lowest BCUT2D eigenvalue weighted by Gasteiger charge is -2.09. The first-order valence-electron chi connectivity index (χ1n) is 6.32. The molecule has 2 rings (SSSR count). The molecule has 0 radical (unpaired) electrons. The molecule has 20 heavy (non-hydrogen) atoms. The van der Waals surface area contributed by atoms with Crippen molar-refractivity contribution >= 4 is 33.2 Å². The lowest BCUT2D eigenvalue weighted by Crippen LogP contribution is -2.15. The molecule has 6 heteroatoms. The summed E-state index contributed by atoms with van der Waals surface area (Å²) in [6, 6.07) is 5.62. The number of hydrogen-bond acceptors (Lipinski definition) is 3. The largest absolute Gasteiger partial charge is 0.395 e. The van der Waals surface area contributed by atoms with Gasteiger partial charge in [-0.05, 0) is 30.5 Å². The van der Waals surface area contributed by atoms with Gasteiger partial charge in [-0.2, -0.15) is 5.10 Å². The Morgan fingerprint density at radius 1 is 1.45 bits per heavy atom. The van der Waals surface area contributed by atoms with Crippen molar-refractivity contribution in [2.75, 3.05) is 11.1 Å². The number of hydrogen-bond donors (Lipinski definition) is 3. The number of rotatable bonds is 3. The van der Waals surface area contributed by atoms with Crippen LogP contribution in [0.1, 0.15) is 41.5 Å². The molecule has 0 unspecified atom stereocenters. The molecule has 1 amide bonds. The highest BCUT2D eigenvalue weighted by molar-refractivity contribution is 9.10. The zero-order chi connectivity index (χ0) is 14.9. The minimum atomic E-state index is -0.313. The number of carbonyl (C=O) groups excluding carboxylic acids is 1. The van der Waals surface area contributed by atoms with E-state index in [4.69, 9.17) is 5.73 Å². The molecular weight excluding hydrogens is 320 g/mol. The van der Waals surface area contributed by atoms with Gasteiger partial charge >= 0.3 is 0 Å². The predicted molar refractivity (Wildman–Crippen MR) is 83.9 cm³/mol. The highest BCUT2D eigenvalue weighted by atomic mass is 79.9. The molecule has 0 bridgehead atoms. The molecular formula is C14H17BrN4O. The molecule has 0 fully saturated rings. The number of nitrogens with two attached hydrogens (primary N) is 1. The number of anilines is 2. The van der Waals surface area contributed by atoms with Gasteiger partial charge in [-0.1, -0.05) is 35.8 Å². The second kappa shape index (κ2) is 5.66. The third kappa shape index (κ3) is 2.70. The molecule has 4 N–H and O–H groups in total. The fourth-order valence-electron chi connectivity index (χ4n) is 1.90. The highest BCUT2D eigenvalue weighted by Crippen LogP contribution is 2.26. The second-order valence-corrected chi connectivity index (χ2v) is 5.78. The first-order chi connectivity index (χ1) is 9.41. The van der Waals surface area contributed by atoms with Crippen molar-refractivity contribution in [1.82, 2.24) is 10.2 Å². The summed E-state index contributed by atoms with van der Waals surface area (Å²) in [5, 5.41) is 9.66. The van der Waals surface area contributed by atoms with E-state index in [1.807, 2.05) is 39.0 Å². The summed E-state index contributed by atoms with van der Waals surface area (Å²) < 4.78 is 0.938. The number of nitrogens with one attached hydrogen (secondary N) is 2. The molecule has 2 aromatic rings. The summed E-state index contributed by atoms with van der Waals surface area (Å²) in [7, 11) is 0. The fourth-order valence-corrected chi connectivity index (χ4v) is 2.27. The van der Waals surface area contributed by atoms with Gasteiger partial charge in [-0.25, -0.2) is 0 Å². The Morgan fingerprint density at radius 3 is 2.75 bits per heavy atom. The number of amides is 1. The average molecular weight is 337 g/mol. The lowest BCUT2D eigenvalue weighted by molar-refractivity contribution is 0.102. The van der Waals surface area contributed by atoms with Crippen molar-refractivity contribution in [3.63, 3.8) is 0 Å². The zero-order valence-corrected chi connectivity index (χ0v) is 13.2. The molecule has 5 nitrogen and oxygen atoms in total. The molecule has 0 aliphatic carbocycles. The van der Waals surface area contributed by atoms with Gasteiger partial charge in [0.05, 0.1) is 11.4 Å². The Balaban J connectivity index is 2.27. The van der Waals surface area contributed by atoms with Crippen LogP contribution < -0.4 is 11.1 Å². The molecule has 0 aliphatic rings. The van der Waals surface area contributed by atoms with Gasteiger partial charge in [-0.15, -0.1) is 0 Å². The summed E-state index contributed by atoms with van der Waals surface area (Å²) in [5.74, 6) is -0.122. The van der Waals surface area contributed by atoms with Crippen molar-refractivity contribution in [1.29, 1.82) is 0 Å². The van der Waals surface area contributed by atoms with Gasteiger partial charge in [0.2, 0.25) is 0 Å². The Hall–Kier alpha value is -1.82. The number of aromatic amines is 1. The Morgan fingerprint density at radius 2 is 2.15 bits per heavy atom. The summed E-state index contributed by atoms with van der Waals surface area (Å²) in [6.07, 6.45) is 0. The average Bonchev–Trinajstić information content (AvgIpc) is 2.77. The number of carbonyl (C=O) groups is 1. The Labute approximate surface area is 126 Å². The monoisotopic (exact) mass is 336 g/mol. The fraction of sp³-hybridized carbons (Fsp3) is 0.286. The van der Waals surface area contributed by atoms with E-state index in [1.165, 1.54) is 0 Å². The molecule has 0 saturated heterocycles. The molecule has 0 spiro atoms. The van der Waals surface area contributed by atoms with Gasteiger partial charge in [0.25, 0.3) is 5.91 Å². The quantitative estimate of drug-likeness (QED) is 0.802. The van der Waals surface area contributed by atoms with Crippen LogP contribution in [0.25, 0.3) is 0 Å². The third-order valence-electron chi connectivity index (χ3n) is 3.14. The Bertz CT molecular complexity index is 649. The summed E-state index contributed by atoms with van der Waals surface area (Å²) in [5.41, 5.74) is 9.07. The van der Waals surface area contributed by atoms with Crippen LogP contribution in [0, 0.1) is 6.92 Å². The van der Waals surface area contributed by atoms with E-state index in [0.717, 1.165) is 21.4 Å². The summed E-state index contributed by atoms with van der Waals surface area (Å²) in [6.45, 7) is 5.90. The minimum Gasteiger partial charge on any atom is -0.395 e. The topological polar surface area (TPSA) is 83.8 Å². The van der Waals surface area contributed by atoms with E-state index < -0.39 is 0 Å². The standard InChI is InChI=1S/C14H17BrN4O/c1-7(2)12-11(16)13(19-18-12)14(20)17-10-6-4-5-9(15)8(10)3/h4-7H,16H2,1-3H3,(H,17,20)(H,18,19). The highest BCUT2D eigenvalue weighted by Gasteiger charge is 2.19. The maximum absolute atomic E-state index is 12.2. The molecule has 0 aliphatic heterocycles. The van der Waals surface area contributed by atoms with Gasteiger partial charge in [0.15, 0.2) is 5.69 Å². The van der Waals surface area contributed by atoms with E-state index >= 15 is 0 Å². The number of aromatic nitrogens is 2. The van der Waals surface area contributed by atoms with Crippen LogP contribution in [0.4, 0.5) is 11.4 Å². The number of H-pyrrole nitrogens is 1. The maximum Gasteiger partial charge on any atom is 0.278 e. The predicted octanol–water partition coefficient (Wildman–Crippen LogP) is 3.44. The lowest BCUT2D eigenvalue weighted by atomic mass is 10.1. The van der Waals surface area contributed by atoms with E-state index in [-0.39, 0.29) is 17.5 Å². The first-order valence-corrected chi connectivity index (χ1v) is 7.11. The van der Waals surface area contributed by atoms with Gasteiger partial charge in [0, 0.05) is 10.2 Å². The number of benzene rings is 1. The van der Waals surface area contributed by atoms with Crippen LogP contribution in [0.2, 0.25) is 0 Å². The van der Waals surface area contributed by atoms with Crippen molar-refractivity contribution in [2.24, 2.45) is 0 Å². The van der Waals surface area contributed by atoms with Crippen LogP contribution in [0.5, 0.6) is 0 Å². The van der Waals surface area contributed by atoms with Crippen LogP contribution in [-0.4, -0.2) is 16.1 Å². The molecule has 0 atom stereocenters. The van der Waals surface area contributed by atoms with Crippen LogP contribution in [-0.2, 0) is 0 Å². The van der Waals surface area contributed by atoms with Crippen molar-refractivity contribution in [2.45, 2.75) is 26.7 Å². The smallest absolute Gasteiger partial charge is 0.278 e. The van der Waals surface area contributed by atoms with E-state index in [9.17, 15) is 4.79 Å². The van der Waals surface area contributed by atoms with Gasteiger partial charge < -0.3 is 11.1 Å². The number of nitrogens with zero attached hydrogens (tertiary/aromatic N) is 1. The van der Waals surface area contributed by atoms with Gasteiger partial charge in [0.1, 0.15) is 0 Å². The zero-order valence-electron chi connectivity index (χ0n) is 11.6. The maximum atomic E-state index is 12.2. The minimum absolute atomic E-state index is 0.191. The second-order valence-electron chi connectivity index (χ2n) is 4.92. The van der Waals surface area contributed by atoms with Gasteiger partial charge in [-0.3, -0.25) is 9.89 Å². The van der Waals surface area contributed by atoms with Crippen LogP contribution in [0.3, 0.4) is 0 Å². The van der Waals surface area contributed by atoms with Crippen LogP contribution >= 0.6 is 15.9 Å². The Kier molecular flexibility index (Phi) is 4.13. The van der Waals surface area contributed by atoms with Crippen molar-refractivity contribution < 1.29 is 4.79 Å². The molecule has 0 saturated carbocycles. The summed E-state index contributed by atoms with van der Waals surface area (Å²) in [4.78, 5) is 12.2. The molecule has 1 aromatic heterocycles. The first kappa shape index (κ1) is 14.6. The van der Waals surface area contributed by atoms with Crippen molar-refractivity contribution in [3.05, 3.63) is 39.6 Å². The molecule has 1 aromatic carbocycles. The van der Waals surface area contributed by atoms with E-state index in [1.54, 1.807) is 0 Å². The van der Waals surface area contributed by atoms with E-state index in [2.05, 4.69) is 31.4 Å². The van der Waals surface area contributed by atoms with E-state index in [0.29, 0.717) is 5.69 Å².